The van der Waals surface area contributed by atoms with Crippen LogP contribution >= 0.6 is 11.6 Å². The Morgan fingerprint density at radius 3 is 2.74 bits per heavy atom. The Morgan fingerprint density at radius 2 is 1.92 bits per heavy atom. The van der Waals surface area contributed by atoms with Crippen molar-refractivity contribution in [3.8, 4) is 5.75 Å². The van der Waals surface area contributed by atoms with Crippen molar-refractivity contribution in [3.63, 3.8) is 0 Å². The molecular weight excluding hydrogens is 494 g/mol. The molecule has 1 saturated heterocycles. The molecule has 198 valence electrons. The zero-order chi connectivity index (χ0) is 26.5. The number of amides is 1. The number of nitrogens with one attached hydrogen (secondary N) is 1. The number of fused-ring (bicyclic) bond motifs is 1. The molecule has 1 fully saturated rings. The fourth-order valence-corrected chi connectivity index (χ4v) is 5.68. The number of H-pyrrole nitrogens is 1. The summed E-state index contributed by atoms with van der Waals surface area (Å²) in [7, 11) is 1.90. The van der Waals surface area contributed by atoms with E-state index in [1.165, 1.54) is 10.9 Å². The average Bonchev–Trinajstić information content (AvgIpc) is 3.38. The maximum absolute atomic E-state index is 13.5. The predicted molar refractivity (Wildman–Crippen MR) is 154 cm³/mol. The van der Waals surface area contributed by atoms with Crippen LogP contribution in [0.25, 0.3) is 10.9 Å². The summed E-state index contributed by atoms with van der Waals surface area (Å²) in [5.41, 5.74) is 4.29. The molecule has 2 heterocycles. The molecular formula is C32H36ClN3O2. The van der Waals surface area contributed by atoms with Gasteiger partial charge in [-0.25, -0.2) is 0 Å². The highest BCUT2D eigenvalue weighted by molar-refractivity contribution is 6.31. The second kappa shape index (κ2) is 11.6. The number of piperidine rings is 1. The van der Waals surface area contributed by atoms with Crippen molar-refractivity contribution in [2.75, 3.05) is 26.7 Å². The summed E-state index contributed by atoms with van der Waals surface area (Å²) in [5, 5.41) is 1.96. The molecule has 1 N–H and O–H groups in total. The minimum absolute atomic E-state index is 0.153. The van der Waals surface area contributed by atoms with Crippen LogP contribution in [0, 0.1) is 12.3 Å². The molecule has 3 aromatic carbocycles. The van der Waals surface area contributed by atoms with E-state index >= 15 is 0 Å². The van der Waals surface area contributed by atoms with E-state index in [2.05, 4.69) is 46.3 Å². The summed E-state index contributed by atoms with van der Waals surface area (Å²) < 4.78 is 6.37. The van der Waals surface area contributed by atoms with Gasteiger partial charge in [0.25, 0.3) is 0 Å². The number of aromatic amines is 1. The summed E-state index contributed by atoms with van der Waals surface area (Å²) in [6, 6.07) is 24.6. The van der Waals surface area contributed by atoms with Gasteiger partial charge in [-0.05, 0) is 84.8 Å². The van der Waals surface area contributed by atoms with Crippen molar-refractivity contribution in [1.82, 2.24) is 14.8 Å². The number of aryl methyl sites for hydroxylation is 1. The Hall–Kier alpha value is -3.28. The number of carbonyl (C=O) groups is 1. The van der Waals surface area contributed by atoms with Gasteiger partial charge in [0.1, 0.15) is 5.75 Å². The molecule has 1 atom stereocenters. The van der Waals surface area contributed by atoms with Gasteiger partial charge in [0.15, 0.2) is 0 Å². The molecule has 5 nitrogen and oxygen atoms in total. The van der Waals surface area contributed by atoms with Crippen LogP contribution in [0.5, 0.6) is 5.75 Å². The van der Waals surface area contributed by atoms with E-state index in [1.54, 1.807) is 0 Å². The number of nitrogens with zero attached hydrogens (tertiary/aromatic N) is 2. The van der Waals surface area contributed by atoms with Gasteiger partial charge in [0, 0.05) is 55.3 Å². The van der Waals surface area contributed by atoms with E-state index < -0.39 is 0 Å². The lowest BCUT2D eigenvalue weighted by Crippen LogP contribution is -2.48. The SMILES string of the molecule is Cc1cc(OC[C@]2(CC(=O)N(C)Cc3ccccc3)CCCN(Cc3ccc4[nH]ccc4c3)C2)ccc1Cl. The first-order chi connectivity index (χ1) is 18.4. The molecule has 0 spiro atoms. The van der Waals surface area contributed by atoms with Crippen LogP contribution in [-0.2, 0) is 17.9 Å². The highest BCUT2D eigenvalue weighted by Gasteiger charge is 2.39. The molecule has 0 unspecified atom stereocenters. The van der Waals surface area contributed by atoms with E-state index in [1.807, 2.05) is 61.5 Å². The number of carbonyl (C=O) groups excluding carboxylic acids is 1. The summed E-state index contributed by atoms with van der Waals surface area (Å²) >= 11 is 6.24. The standard InChI is InChI=1S/C32H36ClN3O2/c1-24-17-28(10-11-29(24)33)38-23-32(19-31(37)35(2)20-25-7-4-3-5-8-25)14-6-16-36(22-32)21-26-9-12-30-27(18-26)13-15-34-30/h3-5,7-13,15,17-18,34H,6,14,16,19-23H2,1-2H3/t32-/m0/s1. The van der Waals surface area contributed by atoms with Crippen LogP contribution in [-0.4, -0.2) is 47.4 Å². The van der Waals surface area contributed by atoms with Gasteiger partial charge in [-0.3, -0.25) is 9.69 Å². The molecule has 1 aliphatic rings. The average molecular weight is 530 g/mol. The van der Waals surface area contributed by atoms with E-state index in [0.29, 0.717) is 19.6 Å². The zero-order valence-electron chi connectivity index (χ0n) is 22.3. The quantitative estimate of drug-likeness (QED) is 0.258. The van der Waals surface area contributed by atoms with Crippen LogP contribution < -0.4 is 4.74 Å². The zero-order valence-corrected chi connectivity index (χ0v) is 23.0. The van der Waals surface area contributed by atoms with Crippen molar-refractivity contribution in [2.24, 2.45) is 5.41 Å². The van der Waals surface area contributed by atoms with Gasteiger partial charge in [-0.1, -0.05) is 48.0 Å². The minimum atomic E-state index is -0.272. The van der Waals surface area contributed by atoms with Crippen molar-refractivity contribution in [1.29, 1.82) is 0 Å². The molecule has 1 aliphatic heterocycles. The van der Waals surface area contributed by atoms with Gasteiger partial charge >= 0.3 is 0 Å². The predicted octanol–water partition coefficient (Wildman–Crippen LogP) is 6.84. The summed E-state index contributed by atoms with van der Waals surface area (Å²) in [4.78, 5) is 21.1. The summed E-state index contributed by atoms with van der Waals surface area (Å²) in [6.45, 7) is 5.77. The van der Waals surface area contributed by atoms with Gasteiger partial charge in [-0.2, -0.15) is 0 Å². The van der Waals surface area contributed by atoms with E-state index in [4.69, 9.17) is 16.3 Å². The first kappa shape index (κ1) is 26.3. The number of likely N-dealkylation sites (tertiary alicyclic amines) is 1. The molecule has 0 bridgehead atoms. The minimum Gasteiger partial charge on any atom is -0.493 e. The third-order valence-corrected chi connectivity index (χ3v) is 8.08. The number of halogens is 1. The number of hydrogen-bond acceptors (Lipinski definition) is 3. The Morgan fingerprint density at radius 1 is 1.08 bits per heavy atom. The van der Waals surface area contributed by atoms with Crippen molar-refractivity contribution in [2.45, 2.75) is 39.3 Å². The molecule has 1 aromatic heterocycles. The molecule has 38 heavy (non-hydrogen) atoms. The topological polar surface area (TPSA) is 48.6 Å². The second-order valence-electron chi connectivity index (χ2n) is 10.8. The molecule has 5 rings (SSSR count). The normalized spacial score (nSPS) is 18.0. The second-order valence-corrected chi connectivity index (χ2v) is 11.2. The number of benzene rings is 3. The third kappa shape index (κ3) is 6.40. The van der Waals surface area contributed by atoms with Crippen molar-refractivity contribution in [3.05, 3.63) is 101 Å². The molecule has 0 radical (unpaired) electrons. The van der Waals surface area contributed by atoms with E-state index in [9.17, 15) is 4.79 Å². The van der Waals surface area contributed by atoms with Crippen LogP contribution in [0.15, 0.2) is 79.0 Å². The van der Waals surface area contributed by atoms with Crippen LogP contribution in [0.3, 0.4) is 0 Å². The lowest BCUT2D eigenvalue weighted by molar-refractivity contribution is -0.135. The fraction of sp³-hybridized carbons (Fsp3) is 0.344. The number of rotatable bonds is 9. The van der Waals surface area contributed by atoms with Crippen LogP contribution in [0.1, 0.15) is 36.0 Å². The van der Waals surface area contributed by atoms with Crippen molar-refractivity contribution < 1.29 is 9.53 Å². The molecule has 4 aromatic rings. The van der Waals surface area contributed by atoms with Gasteiger partial charge in [0.2, 0.25) is 5.91 Å². The highest BCUT2D eigenvalue weighted by atomic mass is 35.5. The van der Waals surface area contributed by atoms with Gasteiger partial charge in [0.05, 0.1) is 6.61 Å². The van der Waals surface area contributed by atoms with E-state index in [0.717, 1.165) is 59.9 Å². The number of aromatic nitrogens is 1. The Labute approximate surface area is 230 Å². The lowest BCUT2D eigenvalue weighted by Gasteiger charge is -2.43. The third-order valence-electron chi connectivity index (χ3n) is 7.65. The fourth-order valence-electron chi connectivity index (χ4n) is 5.56. The highest BCUT2D eigenvalue weighted by Crippen LogP contribution is 2.36. The molecule has 1 amide bonds. The number of hydrogen-bond donors (Lipinski definition) is 1. The molecule has 0 saturated carbocycles. The van der Waals surface area contributed by atoms with Gasteiger partial charge < -0.3 is 14.6 Å². The lowest BCUT2D eigenvalue weighted by atomic mass is 9.77. The Kier molecular flexibility index (Phi) is 8.06. The van der Waals surface area contributed by atoms with Crippen molar-refractivity contribution >= 4 is 28.4 Å². The monoisotopic (exact) mass is 529 g/mol. The summed E-state index contributed by atoms with van der Waals surface area (Å²) in [6.07, 6.45) is 4.42. The smallest absolute Gasteiger partial charge is 0.223 e. The molecule has 0 aliphatic carbocycles. The summed E-state index contributed by atoms with van der Waals surface area (Å²) in [5.74, 6) is 0.951. The Balaban J connectivity index is 1.33. The largest absolute Gasteiger partial charge is 0.493 e. The number of ether oxygens (including phenoxy) is 1. The molecule has 6 heteroatoms. The van der Waals surface area contributed by atoms with E-state index in [-0.39, 0.29) is 11.3 Å². The maximum atomic E-state index is 13.5. The van der Waals surface area contributed by atoms with Crippen LogP contribution in [0.4, 0.5) is 0 Å². The Bertz CT molecular complexity index is 1390. The maximum Gasteiger partial charge on any atom is 0.223 e. The first-order valence-electron chi connectivity index (χ1n) is 13.3. The van der Waals surface area contributed by atoms with Gasteiger partial charge in [-0.15, -0.1) is 0 Å². The van der Waals surface area contributed by atoms with Crippen LogP contribution in [0.2, 0.25) is 5.02 Å². The first-order valence-corrected chi connectivity index (χ1v) is 13.7.